The van der Waals surface area contributed by atoms with Gasteiger partial charge in [0.2, 0.25) is 10.0 Å². The summed E-state index contributed by atoms with van der Waals surface area (Å²) in [6.45, 7) is 0.174. The Morgan fingerprint density at radius 1 is 1.00 bits per heavy atom. The zero-order chi connectivity index (χ0) is 21.6. The molecule has 0 aliphatic carbocycles. The Hall–Kier alpha value is -2.74. The van der Waals surface area contributed by atoms with Crippen molar-refractivity contribution >= 4 is 15.7 Å². The van der Waals surface area contributed by atoms with Crippen LogP contribution in [0.2, 0.25) is 0 Å². The van der Waals surface area contributed by atoms with Crippen molar-refractivity contribution in [3.63, 3.8) is 0 Å². The van der Waals surface area contributed by atoms with Crippen LogP contribution in [0.3, 0.4) is 0 Å². The third-order valence-corrected chi connectivity index (χ3v) is 8.27. The van der Waals surface area contributed by atoms with Gasteiger partial charge in [-0.2, -0.15) is 4.31 Å². The number of rotatable bonds is 4. The molecule has 3 atom stereocenters. The number of fused-ring (bicyclic) bond motifs is 3. The van der Waals surface area contributed by atoms with E-state index in [0.717, 1.165) is 22.4 Å². The summed E-state index contributed by atoms with van der Waals surface area (Å²) >= 11 is 0. The van der Waals surface area contributed by atoms with Crippen LogP contribution in [0, 0.1) is 11.7 Å². The molecule has 5 nitrogen and oxygen atoms in total. The van der Waals surface area contributed by atoms with Gasteiger partial charge in [0.1, 0.15) is 10.7 Å². The molecular formula is C24H23FN2O3S. The molecule has 2 aliphatic rings. The summed E-state index contributed by atoms with van der Waals surface area (Å²) in [5.74, 6) is -0.859. The fourth-order valence-electron chi connectivity index (χ4n) is 4.88. The first-order chi connectivity index (χ1) is 15.0. The average molecular weight is 439 g/mol. The molecule has 31 heavy (non-hydrogen) atoms. The lowest BCUT2D eigenvalue weighted by atomic mass is 9.82. The van der Waals surface area contributed by atoms with Crippen LogP contribution in [-0.2, 0) is 10.0 Å². The van der Waals surface area contributed by atoms with E-state index in [1.54, 1.807) is 0 Å². The third kappa shape index (κ3) is 3.33. The van der Waals surface area contributed by atoms with Gasteiger partial charge in [-0.1, -0.05) is 48.5 Å². The largest absolute Gasteiger partial charge is 0.394 e. The molecular weight excluding hydrogens is 415 g/mol. The highest BCUT2D eigenvalue weighted by molar-refractivity contribution is 7.89. The molecule has 0 spiro atoms. The van der Waals surface area contributed by atoms with Crippen LogP contribution in [0.1, 0.15) is 18.0 Å². The molecule has 0 aromatic heterocycles. The molecule has 1 saturated heterocycles. The van der Waals surface area contributed by atoms with E-state index in [1.165, 1.54) is 28.6 Å². The van der Waals surface area contributed by atoms with Gasteiger partial charge in [-0.25, -0.2) is 12.8 Å². The summed E-state index contributed by atoms with van der Waals surface area (Å²) in [7, 11) is -4.04. The van der Waals surface area contributed by atoms with Crippen LogP contribution < -0.4 is 5.32 Å². The molecule has 0 radical (unpaired) electrons. The maximum absolute atomic E-state index is 14.4. The third-order valence-electron chi connectivity index (χ3n) is 6.35. The first kappa shape index (κ1) is 20.2. The number of benzene rings is 3. The van der Waals surface area contributed by atoms with Gasteiger partial charge in [0.15, 0.2) is 0 Å². The van der Waals surface area contributed by atoms with Crippen molar-refractivity contribution in [1.82, 2.24) is 4.31 Å². The standard InChI is InChI=1S/C24H23FN2O3S/c25-20-8-4-5-9-23(20)31(29,30)27-13-12-18-22(15-28)26-21-11-10-17(14-19(21)24(18)27)16-6-2-1-3-7-16/h1-11,14,18,22,24,26,28H,12-13,15H2/t18-,22-,24-/m1/s1. The molecule has 2 aliphatic heterocycles. The Bertz CT molecular complexity index is 1220. The van der Waals surface area contributed by atoms with Crippen molar-refractivity contribution in [3.8, 4) is 11.1 Å². The number of hydrogen-bond acceptors (Lipinski definition) is 4. The lowest BCUT2D eigenvalue weighted by molar-refractivity contribution is 0.210. The number of halogens is 1. The number of nitrogens with zero attached hydrogens (tertiary/aromatic N) is 1. The van der Waals surface area contributed by atoms with Crippen molar-refractivity contribution in [2.75, 3.05) is 18.5 Å². The average Bonchev–Trinajstić information content (AvgIpc) is 3.25. The fraction of sp³-hybridized carbons (Fsp3) is 0.250. The van der Waals surface area contributed by atoms with Gasteiger partial charge in [-0.15, -0.1) is 0 Å². The highest BCUT2D eigenvalue weighted by Gasteiger charge is 2.49. The van der Waals surface area contributed by atoms with E-state index in [4.69, 9.17) is 0 Å². The Morgan fingerprint density at radius 2 is 1.74 bits per heavy atom. The van der Waals surface area contributed by atoms with Crippen molar-refractivity contribution in [1.29, 1.82) is 0 Å². The molecule has 2 heterocycles. The van der Waals surface area contributed by atoms with Gasteiger partial charge in [-0.3, -0.25) is 0 Å². The number of aliphatic hydroxyl groups excluding tert-OH is 1. The number of aliphatic hydroxyl groups is 1. The molecule has 0 unspecified atom stereocenters. The van der Waals surface area contributed by atoms with E-state index in [-0.39, 0.29) is 30.0 Å². The lowest BCUT2D eigenvalue weighted by Gasteiger charge is -2.39. The van der Waals surface area contributed by atoms with Crippen molar-refractivity contribution in [2.45, 2.75) is 23.4 Å². The SMILES string of the molecule is O=S(=O)(c1ccccc1F)N1CC[C@@H]2[C@@H](CO)Nc3ccc(-c4ccccc4)cc3[C@@H]21. The second-order valence-electron chi connectivity index (χ2n) is 8.05. The summed E-state index contributed by atoms with van der Waals surface area (Å²) in [5, 5.41) is 13.3. The summed E-state index contributed by atoms with van der Waals surface area (Å²) in [6, 6.07) is 20.6. The molecule has 7 heteroatoms. The Labute approximate surface area is 181 Å². The van der Waals surface area contributed by atoms with Crippen LogP contribution in [-0.4, -0.2) is 37.0 Å². The van der Waals surface area contributed by atoms with Crippen LogP contribution >= 0.6 is 0 Å². The number of anilines is 1. The summed E-state index contributed by atoms with van der Waals surface area (Å²) in [6.07, 6.45) is 0.589. The molecule has 0 amide bonds. The quantitative estimate of drug-likeness (QED) is 0.645. The number of nitrogens with one attached hydrogen (secondary N) is 1. The fourth-order valence-corrected chi connectivity index (χ4v) is 6.61. The van der Waals surface area contributed by atoms with Gasteiger partial charge in [-0.05, 0) is 47.4 Å². The van der Waals surface area contributed by atoms with Crippen LogP contribution in [0.5, 0.6) is 0 Å². The van der Waals surface area contributed by atoms with Crippen LogP contribution in [0.25, 0.3) is 11.1 Å². The lowest BCUT2D eigenvalue weighted by Crippen LogP contribution is -2.43. The van der Waals surface area contributed by atoms with E-state index in [2.05, 4.69) is 5.32 Å². The zero-order valence-electron chi connectivity index (χ0n) is 16.8. The van der Waals surface area contributed by atoms with E-state index in [0.29, 0.717) is 6.42 Å². The zero-order valence-corrected chi connectivity index (χ0v) is 17.6. The predicted octanol–water partition coefficient (Wildman–Crippen LogP) is 4.03. The van der Waals surface area contributed by atoms with Crippen molar-refractivity contribution in [2.24, 2.45) is 5.92 Å². The molecule has 2 N–H and O–H groups in total. The van der Waals surface area contributed by atoms with Crippen molar-refractivity contribution in [3.05, 3.63) is 84.2 Å². The van der Waals surface area contributed by atoms with E-state index >= 15 is 0 Å². The van der Waals surface area contributed by atoms with Gasteiger partial charge in [0.25, 0.3) is 0 Å². The maximum atomic E-state index is 14.4. The van der Waals surface area contributed by atoms with Crippen molar-refractivity contribution < 1.29 is 17.9 Å². The Balaban J connectivity index is 1.63. The maximum Gasteiger partial charge on any atom is 0.246 e. The van der Waals surface area contributed by atoms with Gasteiger partial charge in [0.05, 0.1) is 18.7 Å². The van der Waals surface area contributed by atoms with Gasteiger partial charge >= 0.3 is 0 Å². The second kappa shape index (κ2) is 7.75. The topological polar surface area (TPSA) is 69.6 Å². The minimum Gasteiger partial charge on any atom is -0.394 e. The van der Waals surface area contributed by atoms with Crippen LogP contribution in [0.15, 0.2) is 77.7 Å². The highest BCUT2D eigenvalue weighted by atomic mass is 32.2. The minimum absolute atomic E-state index is 0.103. The van der Waals surface area contributed by atoms with E-state index in [1.807, 2.05) is 48.5 Å². The molecule has 5 rings (SSSR count). The number of sulfonamides is 1. The molecule has 3 aromatic rings. The van der Waals surface area contributed by atoms with Gasteiger partial charge < -0.3 is 10.4 Å². The Kier molecular flexibility index (Phi) is 5.04. The van der Waals surface area contributed by atoms with Crippen LogP contribution in [0.4, 0.5) is 10.1 Å². The van der Waals surface area contributed by atoms with Gasteiger partial charge in [0, 0.05) is 18.2 Å². The molecule has 160 valence electrons. The second-order valence-corrected chi connectivity index (χ2v) is 9.90. The van der Waals surface area contributed by atoms with E-state index in [9.17, 15) is 17.9 Å². The number of hydrogen-bond donors (Lipinski definition) is 2. The normalized spacial score (nSPS) is 23.1. The monoisotopic (exact) mass is 438 g/mol. The predicted molar refractivity (Wildman–Crippen MR) is 118 cm³/mol. The first-order valence-electron chi connectivity index (χ1n) is 10.3. The smallest absolute Gasteiger partial charge is 0.246 e. The molecule has 0 saturated carbocycles. The van der Waals surface area contributed by atoms with E-state index < -0.39 is 21.9 Å². The highest BCUT2D eigenvalue weighted by Crippen LogP contribution is 2.49. The molecule has 0 bridgehead atoms. The minimum atomic E-state index is -4.04. The first-order valence-corrected chi connectivity index (χ1v) is 11.8. The Morgan fingerprint density at radius 3 is 2.48 bits per heavy atom. The summed E-state index contributed by atoms with van der Waals surface area (Å²) in [5.41, 5.74) is 3.68. The summed E-state index contributed by atoms with van der Waals surface area (Å²) < 4.78 is 42.8. The molecule has 1 fully saturated rings. The summed E-state index contributed by atoms with van der Waals surface area (Å²) in [4.78, 5) is -0.310. The molecule has 3 aromatic carbocycles.